The number of aryl methyl sites for hydroxylation is 1. The largest absolute Gasteiger partial charge is 0.233 e. The van der Waals surface area contributed by atoms with Crippen molar-refractivity contribution in [2.24, 2.45) is 0 Å². The van der Waals surface area contributed by atoms with Gasteiger partial charge in [-0.25, -0.2) is 4.98 Å². The van der Waals surface area contributed by atoms with Crippen LogP contribution in [0.25, 0.3) is 11.3 Å². The van der Waals surface area contributed by atoms with Crippen molar-refractivity contribution in [3.63, 3.8) is 0 Å². The molecule has 2 aromatic rings. The third kappa shape index (κ3) is 1.49. The highest BCUT2D eigenvalue weighted by Gasteiger charge is 2.18. The Morgan fingerprint density at radius 3 is 3.20 bits per heavy atom. The molecule has 1 aromatic heterocycles. The van der Waals surface area contributed by atoms with Crippen LogP contribution in [0.2, 0.25) is 0 Å². The Kier molecular flexibility index (Phi) is 2.10. The van der Waals surface area contributed by atoms with Crippen LogP contribution in [0.5, 0.6) is 0 Å². The molecule has 0 amide bonds. The van der Waals surface area contributed by atoms with Crippen LogP contribution in [0.4, 0.5) is 0 Å². The van der Waals surface area contributed by atoms with Gasteiger partial charge in [0, 0.05) is 10.9 Å². The summed E-state index contributed by atoms with van der Waals surface area (Å²) in [5.41, 5.74) is 8.23. The molecular weight excluding hydrogens is 202 g/mol. The highest BCUT2D eigenvalue weighted by atomic mass is 32.1. The topological polar surface area (TPSA) is 12.9 Å². The van der Waals surface area contributed by atoms with E-state index in [2.05, 4.69) is 41.0 Å². The average Bonchev–Trinajstić information content (AvgIpc) is 2.88. The number of hydrogen-bond acceptors (Lipinski definition) is 2. The van der Waals surface area contributed by atoms with Crippen LogP contribution in [0.15, 0.2) is 23.6 Å². The lowest BCUT2D eigenvalue weighted by atomic mass is 10.00. The van der Waals surface area contributed by atoms with Gasteiger partial charge in [0.05, 0.1) is 5.69 Å². The monoisotopic (exact) mass is 214 g/mol. The molecule has 15 heavy (non-hydrogen) atoms. The normalized spacial score (nSPS) is 19.1. The number of rotatable bonds is 1. The van der Waals surface area contributed by atoms with E-state index in [1.165, 1.54) is 40.9 Å². The molecule has 1 unspecified atom stereocenters. The third-order valence-electron chi connectivity index (χ3n) is 3.21. The van der Waals surface area contributed by atoms with Crippen molar-refractivity contribution in [3.05, 3.63) is 40.2 Å². The molecule has 0 saturated carbocycles. The maximum absolute atomic E-state index is 4.23. The van der Waals surface area contributed by atoms with Gasteiger partial charge in [-0.2, -0.15) is 0 Å². The molecule has 75 valence electrons. The lowest BCUT2D eigenvalue weighted by Gasteiger charge is -2.06. The lowest BCUT2D eigenvalue weighted by Crippen LogP contribution is -1.87. The minimum Gasteiger partial charge on any atom is -0.233 e. The number of thiazole rings is 1. The molecule has 0 N–H and O–H groups in total. The number of nitrogens with zero attached hydrogens (tertiary/aromatic N) is 1. The molecule has 1 radical (unpaired) electrons. The fourth-order valence-corrected chi connectivity index (χ4v) is 2.79. The minimum atomic E-state index is 0.711. The van der Waals surface area contributed by atoms with Gasteiger partial charge >= 0.3 is 0 Å². The first-order valence-electron chi connectivity index (χ1n) is 5.29. The molecule has 1 aromatic carbocycles. The quantitative estimate of drug-likeness (QED) is 0.706. The second-order valence-corrected chi connectivity index (χ2v) is 4.83. The van der Waals surface area contributed by atoms with Gasteiger partial charge < -0.3 is 0 Å². The van der Waals surface area contributed by atoms with Gasteiger partial charge in [-0.3, -0.25) is 0 Å². The minimum absolute atomic E-state index is 0.711. The zero-order valence-corrected chi connectivity index (χ0v) is 9.47. The van der Waals surface area contributed by atoms with Crippen molar-refractivity contribution < 1.29 is 0 Å². The van der Waals surface area contributed by atoms with Crippen LogP contribution in [0.1, 0.15) is 30.4 Å². The van der Waals surface area contributed by atoms with Crippen LogP contribution >= 0.6 is 11.3 Å². The van der Waals surface area contributed by atoms with E-state index >= 15 is 0 Å². The molecule has 2 heteroatoms. The Morgan fingerprint density at radius 2 is 2.40 bits per heavy atom. The van der Waals surface area contributed by atoms with E-state index in [0.29, 0.717) is 5.92 Å². The smallest absolute Gasteiger partial charge is 0.152 e. The molecule has 0 spiro atoms. The zero-order valence-electron chi connectivity index (χ0n) is 8.66. The summed E-state index contributed by atoms with van der Waals surface area (Å²) in [6, 6.07) is 6.74. The fraction of sp³-hybridized carbons (Fsp3) is 0.308. The van der Waals surface area contributed by atoms with Crippen molar-refractivity contribution in [3.8, 4) is 11.3 Å². The third-order valence-corrected chi connectivity index (χ3v) is 3.75. The molecule has 1 heterocycles. The predicted molar refractivity (Wildman–Crippen MR) is 63.1 cm³/mol. The molecule has 3 rings (SSSR count). The molecule has 0 saturated heterocycles. The summed E-state index contributed by atoms with van der Waals surface area (Å²) in [5.74, 6) is 0.711. The molecule has 1 nitrogen and oxygen atoms in total. The summed E-state index contributed by atoms with van der Waals surface area (Å²) >= 11 is 1.53. The van der Waals surface area contributed by atoms with Gasteiger partial charge in [-0.05, 0) is 36.0 Å². The van der Waals surface area contributed by atoms with Gasteiger partial charge in [0.2, 0.25) is 0 Å². The van der Waals surface area contributed by atoms with E-state index in [0.717, 1.165) is 5.69 Å². The van der Waals surface area contributed by atoms with E-state index in [1.54, 1.807) is 0 Å². The number of benzene rings is 1. The second kappa shape index (κ2) is 3.46. The van der Waals surface area contributed by atoms with Crippen LogP contribution in [-0.4, -0.2) is 4.98 Å². The van der Waals surface area contributed by atoms with Gasteiger partial charge in [0.1, 0.15) is 0 Å². The number of aromatic nitrogens is 1. The number of hydrogen-bond donors (Lipinski definition) is 0. The Morgan fingerprint density at radius 1 is 1.47 bits per heavy atom. The summed E-state index contributed by atoms with van der Waals surface area (Å²) in [7, 11) is 0. The van der Waals surface area contributed by atoms with E-state index in [4.69, 9.17) is 0 Å². The highest BCUT2D eigenvalue weighted by Crippen LogP contribution is 2.35. The van der Waals surface area contributed by atoms with Gasteiger partial charge in [0.25, 0.3) is 0 Å². The molecule has 1 aliphatic carbocycles. The van der Waals surface area contributed by atoms with Crippen molar-refractivity contribution >= 4 is 11.3 Å². The summed E-state index contributed by atoms with van der Waals surface area (Å²) in [6.07, 6.45) is 2.53. The van der Waals surface area contributed by atoms with Gasteiger partial charge in [0.15, 0.2) is 5.51 Å². The van der Waals surface area contributed by atoms with E-state index in [-0.39, 0.29) is 0 Å². The SMILES string of the molecule is CC1CCc2ccc(-c3cs[c]n3)cc21. The van der Waals surface area contributed by atoms with Crippen molar-refractivity contribution in [2.45, 2.75) is 25.7 Å². The van der Waals surface area contributed by atoms with Crippen molar-refractivity contribution in [1.82, 2.24) is 4.98 Å². The Labute approximate surface area is 93.8 Å². The average molecular weight is 214 g/mol. The molecule has 1 atom stereocenters. The molecule has 0 fully saturated rings. The first-order valence-corrected chi connectivity index (χ1v) is 6.17. The van der Waals surface area contributed by atoms with Crippen LogP contribution in [0.3, 0.4) is 0 Å². The van der Waals surface area contributed by atoms with E-state index in [1.807, 2.05) is 0 Å². The first kappa shape index (κ1) is 9.10. The molecule has 0 bridgehead atoms. The van der Waals surface area contributed by atoms with Gasteiger partial charge in [-0.1, -0.05) is 19.1 Å². The van der Waals surface area contributed by atoms with Crippen molar-refractivity contribution in [1.29, 1.82) is 0 Å². The van der Waals surface area contributed by atoms with Crippen LogP contribution in [0, 0.1) is 5.51 Å². The maximum Gasteiger partial charge on any atom is 0.152 e. The van der Waals surface area contributed by atoms with Crippen LogP contribution < -0.4 is 0 Å². The summed E-state index contributed by atoms with van der Waals surface area (Å²) in [6.45, 7) is 2.31. The maximum atomic E-state index is 4.23. The van der Waals surface area contributed by atoms with Crippen LogP contribution in [-0.2, 0) is 6.42 Å². The Bertz CT molecular complexity index is 473. The van der Waals surface area contributed by atoms with E-state index in [9.17, 15) is 0 Å². The summed E-state index contributed by atoms with van der Waals surface area (Å²) < 4.78 is 0. The van der Waals surface area contributed by atoms with Gasteiger partial charge in [-0.15, -0.1) is 11.3 Å². The predicted octanol–water partition coefficient (Wildman–Crippen LogP) is 3.66. The second-order valence-electron chi connectivity index (χ2n) is 4.18. The Hall–Kier alpha value is -1.15. The molecular formula is C13H12NS. The fourth-order valence-electron chi connectivity index (χ4n) is 2.28. The summed E-state index contributed by atoms with van der Waals surface area (Å²) in [5, 5.41) is 2.06. The number of fused-ring (bicyclic) bond motifs is 1. The lowest BCUT2D eigenvalue weighted by molar-refractivity contribution is 0.747. The standard InChI is InChI=1S/C13H12NS/c1-9-2-3-10-4-5-11(6-12(9)10)13-7-15-8-14-13/h4-7,9H,2-3H2,1H3. The zero-order chi connectivity index (χ0) is 10.3. The van der Waals surface area contributed by atoms with Crippen molar-refractivity contribution in [2.75, 3.05) is 0 Å². The Balaban J connectivity index is 2.09. The van der Waals surface area contributed by atoms with E-state index < -0.39 is 0 Å². The first-order chi connectivity index (χ1) is 7.34. The highest BCUT2D eigenvalue weighted by molar-refractivity contribution is 7.07. The molecule has 0 aliphatic heterocycles. The molecule has 1 aliphatic rings. The summed E-state index contributed by atoms with van der Waals surface area (Å²) in [4.78, 5) is 4.23.